The Morgan fingerprint density at radius 3 is 2.59 bits per heavy atom. The average Bonchev–Trinajstić information content (AvgIpc) is 3.24. The first-order valence-electron chi connectivity index (χ1n) is 14.7. The summed E-state index contributed by atoms with van der Waals surface area (Å²) in [4.78, 5) is 26.8. The number of rotatable bonds is 9. The fraction of sp³-hybridized carbons (Fsp3) is 0.931. The lowest BCUT2D eigenvalue weighted by atomic mass is 9.44. The lowest BCUT2D eigenvalue weighted by molar-refractivity contribution is -0.141. The van der Waals surface area contributed by atoms with E-state index < -0.39 is 0 Å². The van der Waals surface area contributed by atoms with Crippen LogP contribution in [0.15, 0.2) is 5.11 Å². The summed E-state index contributed by atoms with van der Waals surface area (Å²) in [6.07, 6.45) is 12.7. The highest BCUT2D eigenvalue weighted by atomic mass is 16.6. The van der Waals surface area contributed by atoms with Crippen molar-refractivity contribution in [3.8, 4) is 0 Å². The maximum atomic E-state index is 12.3. The van der Waals surface area contributed by atoms with E-state index in [1.165, 1.54) is 45.6 Å². The van der Waals surface area contributed by atoms with E-state index in [4.69, 9.17) is 15.0 Å². The van der Waals surface area contributed by atoms with Crippen LogP contribution in [0.3, 0.4) is 0 Å². The summed E-state index contributed by atoms with van der Waals surface area (Å²) in [6.45, 7) is 8.34. The summed E-state index contributed by atoms with van der Waals surface area (Å²) in [7, 11) is 1.49. The van der Waals surface area contributed by atoms with Crippen LogP contribution >= 0.6 is 0 Å². The average molecular weight is 517 g/mol. The predicted molar refractivity (Wildman–Crippen MR) is 143 cm³/mol. The van der Waals surface area contributed by atoms with Crippen LogP contribution in [0.4, 0.5) is 4.79 Å². The molecule has 4 unspecified atom stereocenters. The van der Waals surface area contributed by atoms with Gasteiger partial charge in [0.05, 0.1) is 7.11 Å². The second-order valence-corrected chi connectivity index (χ2v) is 13.0. The van der Waals surface area contributed by atoms with E-state index in [-0.39, 0.29) is 18.2 Å². The van der Waals surface area contributed by atoms with Crippen LogP contribution in [-0.2, 0) is 14.3 Å². The van der Waals surface area contributed by atoms with Gasteiger partial charge in [-0.2, -0.15) is 0 Å². The number of methoxy groups -OCH3 is 1. The molecule has 8 heteroatoms. The Bertz CT molecular complexity index is 876. The zero-order valence-corrected chi connectivity index (χ0v) is 23.4. The molecule has 0 heterocycles. The molecular weight excluding hydrogens is 468 g/mol. The first kappa shape index (κ1) is 28.1. The highest BCUT2D eigenvalue weighted by molar-refractivity contribution is 5.69. The van der Waals surface area contributed by atoms with Gasteiger partial charge in [0.2, 0.25) is 0 Å². The third kappa shape index (κ3) is 5.74. The smallest absolute Gasteiger partial charge is 0.407 e. The zero-order chi connectivity index (χ0) is 26.6. The molecule has 9 atom stereocenters. The van der Waals surface area contributed by atoms with Gasteiger partial charge in [-0.05, 0) is 122 Å². The van der Waals surface area contributed by atoms with Gasteiger partial charge in [0, 0.05) is 24.4 Å². The lowest BCUT2D eigenvalue weighted by Crippen LogP contribution is -2.54. The third-order valence-electron chi connectivity index (χ3n) is 11.5. The summed E-state index contributed by atoms with van der Waals surface area (Å²) in [5.74, 6) is 4.23. The third-order valence-corrected chi connectivity index (χ3v) is 11.5. The van der Waals surface area contributed by atoms with E-state index in [1.807, 2.05) is 0 Å². The number of nitrogens with zero attached hydrogens (tertiary/aromatic N) is 3. The first-order valence-corrected chi connectivity index (χ1v) is 14.7. The van der Waals surface area contributed by atoms with E-state index in [9.17, 15) is 9.59 Å². The Morgan fingerprint density at radius 2 is 1.84 bits per heavy atom. The molecule has 208 valence electrons. The minimum absolute atomic E-state index is 0.00660. The largest absolute Gasteiger partial charge is 0.469 e. The highest BCUT2D eigenvalue weighted by Gasteiger charge is 2.60. The SMILES string of the molecule is COC(=O)CC[C@@H](C)[C@H]1CCC2C3CCC4C[C@H](OC(=O)NCCCN=[N+]=[N-])CC[C@]4(C)C3CC[C@@]21C. The molecule has 1 N–H and O–H groups in total. The van der Waals surface area contributed by atoms with Gasteiger partial charge in [-0.15, -0.1) is 0 Å². The van der Waals surface area contributed by atoms with E-state index >= 15 is 0 Å². The van der Waals surface area contributed by atoms with Crippen LogP contribution in [0.5, 0.6) is 0 Å². The lowest BCUT2D eigenvalue weighted by Gasteiger charge is -2.61. The minimum atomic E-state index is -0.338. The Kier molecular flexibility index (Phi) is 8.98. The monoisotopic (exact) mass is 516 g/mol. The van der Waals surface area contributed by atoms with Crippen LogP contribution < -0.4 is 5.32 Å². The van der Waals surface area contributed by atoms with Crippen LogP contribution in [0.2, 0.25) is 0 Å². The Labute approximate surface area is 222 Å². The van der Waals surface area contributed by atoms with Crippen LogP contribution in [-0.4, -0.2) is 38.4 Å². The molecule has 37 heavy (non-hydrogen) atoms. The van der Waals surface area contributed by atoms with Crippen molar-refractivity contribution in [3.05, 3.63) is 10.4 Å². The molecule has 0 radical (unpaired) electrons. The molecule has 4 fully saturated rings. The van der Waals surface area contributed by atoms with Crippen LogP contribution in [0, 0.1) is 46.3 Å². The second-order valence-electron chi connectivity index (χ2n) is 13.0. The molecule has 0 aliphatic heterocycles. The predicted octanol–water partition coefficient (Wildman–Crippen LogP) is 7.03. The summed E-state index contributed by atoms with van der Waals surface area (Å²) in [6, 6.07) is 0. The molecule has 4 aliphatic carbocycles. The van der Waals surface area contributed by atoms with Crippen molar-refractivity contribution in [3.63, 3.8) is 0 Å². The molecule has 8 nitrogen and oxygen atoms in total. The number of hydrogen-bond donors (Lipinski definition) is 1. The molecule has 0 aromatic rings. The summed E-state index contributed by atoms with van der Waals surface area (Å²) in [5.41, 5.74) is 9.10. The van der Waals surface area contributed by atoms with Crippen molar-refractivity contribution in [1.29, 1.82) is 0 Å². The first-order chi connectivity index (χ1) is 17.7. The van der Waals surface area contributed by atoms with Gasteiger partial charge in [0.1, 0.15) is 6.10 Å². The number of amides is 1. The van der Waals surface area contributed by atoms with Crippen molar-refractivity contribution in [2.24, 2.45) is 51.5 Å². The standard InChI is InChI=1S/C29H48N4O4/c1-19(6-11-26(34)36-4)23-9-10-24-22-8-7-20-18-21(37-27(35)31-16-5-17-32-33-30)12-14-28(20,2)25(22)13-15-29(23,24)3/h19-25H,5-18H2,1-4H3,(H,31,35)/t19-,20?,21-,22?,23-,24?,25?,28+,29-/m1/s1. The number of hydrogen-bond acceptors (Lipinski definition) is 5. The minimum Gasteiger partial charge on any atom is -0.469 e. The molecular formula is C29H48N4O4. The van der Waals surface area contributed by atoms with Gasteiger partial charge in [-0.1, -0.05) is 25.9 Å². The maximum Gasteiger partial charge on any atom is 0.407 e. The number of esters is 1. The zero-order valence-electron chi connectivity index (χ0n) is 23.4. The quantitative estimate of drug-likeness (QED) is 0.116. The van der Waals surface area contributed by atoms with Gasteiger partial charge in [0.25, 0.3) is 0 Å². The van der Waals surface area contributed by atoms with Gasteiger partial charge in [-0.25, -0.2) is 4.79 Å². The number of azide groups is 1. The summed E-state index contributed by atoms with van der Waals surface area (Å²) in [5, 5.41) is 6.30. The molecule has 4 aliphatic rings. The molecule has 4 saturated carbocycles. The van der Waals surface area contributed by atoms with Crippen LogP contribution in [0.1, 0.15) is 97.8 Å². The molecule has 0 spiro atoms. The van der Waals surface area contributed by atoms with E-state index in [1.54, 1.807) is 0 Å². The topological polar surface area (TPSA) is 113 Å². The molecule has 4 rings (SSSR count). The van der Waals surface area contributed by atoms with Crippen molar-refractivity contribution in [2.75, 3.05) is 20.2 Å². The maximum absolute atomic E-state index is 12.3. The second kappa shape index (κ2) is 11.8. The molecule has 0 aromatic heterocycles. The number of ether oxygens (including phenoxy) is 2. The fourth-order valence-electron chi connectivity index (χ4n) is 9.53. The van der Waals surface area contributed by atoms with Gasteiger partial charge >= 0.3 is 12.1 Å². The normalized spacial score (nSPS) is 39.2. The van der Waals surface area contributed by atoms with Gasteiger partial charge in [0.15, 0.2) is 0 Å². The fourth-order valence-corrected chi connectivity index (χ4v) is 9.53. The van der Waals surface area contributed by atoms with E-state index in [0.29, 0.717) is 54.5 Å². The van der Waals surface area contributed by atoms with Crippen molar-refractivity contribution in [1.82, 2.24) is 5.32 Å². The van der Waals surface area contributed by atoms with E-state index in [2.05, 4.69) is 36.1 Å². The van der Waals surface area contributed by atoms with Crippen LogP contribution in [0.25, 0.3) is 10.4 Å². The number of alkyl carbamates (subject to hydrolysis) is 1. The van der Waals surface area contributed by atoms with Crippen molar-refractivity contribution < 1.29 is 19.1 Å². The van der Waals surface area contributed by atoms with Crippen molar-refractivity contribution >= 4 is 12.1 Å². The Hall–Kier alpha value is -1.95. The molecule has 0 saturated heterocycles. The number of carbonyl (C=O) groups is 2. The molecule has 1 amide bonds. The number of fused-ring (bicyclic) bond motifs is 5. The summed E-state index contributed by atoms with van der Waals surface area (Å²) >= 11 is 0. The van der Waals surface area contributed by atoms with Crippen molar-refractivity contribution in [2.45, 2.75) is 104 Å². The molecule has 0 bridgehead atoms. The summed E-state index contributed by atoms with van der Waals surface area (Å²) < 4.78 is 10.7. The Balaban J connectivity index is 1.33. The van der Waals surface area contributed by atoms with Gasteiger partial charge in [-0.3, -0.25) is 4.79 Å². The number of carbonyl (C=O) groups excluding carboxylic acids is 2. The number of nitrogens with one attached hydrogen (secondary N) is 1. The Morgan fingerprint density at radius 1 is 1.08 bits per heavy atom. The van der Waals surface area contributed by atoms with Gasteiger partial charge < -0.3 is 14.8 Å². The highest BCUT2D eigenvalue weighted by Crippen LogP contribution is 2.68. The van der Waals surface area contributed by atoms with E-state index in [0.717, 1.165) is 43.4 Å². The molecule has 0 aromatic carbocycles.